The van der Waals surface area contributed by atoms with E-state index in [-0.39, 0.29) is 29.9 Å². The van der Waals surface area contributed by atoms with Crippen molar-refractivity contribution in [2.75, 3.05) is 38.1 Å². The molecule has 0 spiro atoms. The van der Waals surface area contributed by atoms with Gasteiger partial charge in [0, 0.05) is 38.4 Å². The molecule has 2 aromatic carbocycles. The van der Waals surface area contributed by atoms with Crippen LogP contribution in [0.1, 0.15) is 36.8 Å². The van der Waals surface area contributed by atoms with Crippen molar-refractivity contribution in [1.82, 2.24) is 10.2 Å². The first kappa shape index (κ1) is 28.7. The number of aryl methyl sites for hydroxylation is 1. The molecule has 0 aromatic heterocycles. The van der Waals surface area contributed by atoms with Crippen LogP contribution >= 0.6 is 11.8 Å². The molecule has 0 radical (unpaired) electrons. The monoisotopic (exact) mass is 580 g/mol. The maximum absolute atomic E-state index is 12.4. The number of carbonyl (C=O) groups excluding carboxylic acids is 3. The predicted molar refractivity (Wildman–Crippen MR) is 155 cm³/mol. The van der Waals surface area contributed by atoms with Crippen LogP contribution < -0.4 is 20.1 Å². The average Bonchev–Trinajstić information content (AvgIpc) is 3.32. The number of aliphatic hydroxyl groups excluding tert-OH is 1. The van der Waals surface area contributed by atoms with Gasteiger partial charge in [0.25, 0.3) is 5.91 Å². The van der Waals surface area contributed by atoms with Crippen molar-refractivity contribution in [3.05, 3.63) is 52.4 Å². The van der Waals surface area contributed by atoms with E-state index in [2.05, 4.69) is 15.6 Å². The zero-order valence-electron chi connectivity index (χ0n) is 22.4. The van der Waals surface area contributed by atoms with E-state index in [4.69, 9.17) is 9.47 Å². The number of rotatable bonds is 10. The highest BCUT2D eigenvalue weighted by Crippen LogP contribution is 2.36. The van der Waals surface area contributed by atoms with Crippen LogP contribution in [0.5, 0.6) is 17.2 Å². The molecule has 1 fully saturated rings. The number of phenols is 1. The van der Waals surface area contributed by atoms with Gasteiger partial charge < -0.3 is 35.2 Å². The summed E-state index contributed by atoms with van der Waals surface area (Å²) in [4.78, 5) is 42.0. The van der Waals surface area contributed by atoms with Gasteiger partial charge in [-0.15, -0.1) is 0 Å². The Bertz CT molecular complexity index is 1370. The lowest BCUT2D eigenvalue weighted by molar-refractivity contribution is -0.120. The minimum atomic E-state index is -1.05. The fraction of sp³-hybridized carbons (Fsp3) is 0.379. The lowest BCUT2D eigenvalue weighted by Gasteiger charge is -2.26. The highest BCUT2D eigenvalue weighted by atomic mass is 32.2. The second-order valence-electron chi connectivity index (χ2n) is 9.91. The van der Waals surface area contributed by atoms with Crippen LogP contribution in [-0.2, 0) is 20.8 Å². The lowest BCUT2D eigenvalue weighted by atomic mass is 10.0. The Kier molecular flexibility index (Phi) is 9.22. The first-order valence-electron chi connectivity index (χ1n) is 13.6. The first-order valence-corrected chi connectivity index (χ1v) is 14.4. The second kappa shape index (κ2) is 13.2. The van der Waals surface area contributed by atoms with E-state index in [1.165, 1.54) is 17.8 Å². The van der Waals surface area contributed by atoms with Crippen LogP contribution in [0, 0.1) is 0 Å². The summed E-state index contributed by atoms with van der Waals surface area (Å²) in [7, 11) is 0. The molecule has 3 aliphatic heterocycles. The van der Waals surface area contributed by atoms with E-state index in [1.54, 1.807) is 30.3 Å². The number of hydrogen-bond acceptors (Lipinski definition) is 10. The van der Waals surface area contributed by atoms with Crippen LogP contribution in [0.25, 0.3) is 6.08 Å². The molecule has 11 nitrogen and oxygen atoms in total. The summed E-state index contributed by atoms with van der Waals surface area (Å²) >= 11 is 1.32. The molecule has 0 aliphatic carbocycles. The van der Waals surface area contributed by atoms with Crippen LogP contribution in [0.4, 0.5) is 5.69 Å². The van der Waals surface area contributed by atoms with Crippen molar-refractivity contribution >= 4 is 46.3 Å². The number of amides is 2. The number of benzene rings is 2. The van der Waals surface area contributed by atoms with Crippen molar-refractivity contribution in [1.29, 1.82) is 0 Å². The number of carbonyl (C=O) groups is 3. The fourth-order valence-electron chi connectivity index (χ4n) is 4.62. The number of aliphatic hydroxyl groups is 1. The van der Waals surface area contributed by atoms with Gasteiger partial charge in [0.2, 0.25) is 12.2 Å². The first-order chi connectivity index (χ1) is 19.8. The third-order valence-corrected chi connectivity index (χ3v) is 7.84. The Balaban J connectivity index is 1.000. The molecule has 1 atom stereocenters. The van der Waals surface area contributed by atoms with Crippen LogP contribution in [0.15, 0.2) is 46.3 Å². The number of piperidine rings is 1. The Labute approximate surface area is 241 Å². The van der Waals surface area contributed by atoms with E-state index in [0.29, 0.717) is 85.6 Å². The zero-order valence-corrected chi connectivity index (χ0v) is 23.2. The van der Waals surface area contributed by atoms with E-state index >= 15 is 0 Å². The maximum atomic E-state index is 12.4. The van der Waals surface area contributed by atoms with Crippen molar-refractivity contribution < 1.29 is 34.1 Å². The Hall–Kier alpha value is -3.87. The molecule has 3 aliphatic rings. The SMILES string of the molecule is O=C1CCN(C2=NC(=O)/C(=C\c3ccc(OC(O)CNCCCOc4cc(O)c5c(c4)CCC(=O)N5)cc3)S2)CC1. The van der Waals surface area contributed by atoms with Crippen LogP contribution in [0.3, 0.4) is 0 Å². The summed E-state index contributed by atoms with van der Waals surface area (Å²) in [6.45, 7) is 2.40. The quantitative estimate of drug-likeness (QED) is 0.143. The molecule has 2 aromatic rings. The molecule has 0 bridgehead atoms. The van der Waals surface area contributed by atoms with Gasteiger partial charge in [-0.05, 0) is 66.6 Å². The highest BCUT2D eigenvalue weighted by molar-refractivity contribution is 8.18. The summed E-state index contributed by atoms with van der Waals surface area (Å²) in [5.41, 5.74) is 2.11. The number of phenolic OH excluding ortho intramolecular Hbond substituents is 1. The molecule has 4 N–H and O–H groups in total. The third-order valence-electron chi connectivity index (χ3n) is 6.79. The molecule has 3 heterocycles. The fourth-order valence-corrected chi connectivity index (χ4v) is 5.58. The smallest absolute Gasteiger partial charge is 0.286 e. The number of aliphatic imine (C=N–C) groups is 1. The van der Waals surface area contributed by atoms with Gasteiger partial charge in [-0.25, -0.2) is 0 Å². The van der Waals surface area contributed by atoms with E-state index in [1.807, 2.05) is 11.0 Å². The Morgan fingerprint density at radius 2 is 1.85 bits per heavy atom. The number of fused-ring (bicyclic) bond motifs is 1. The Morgan fingerprint density at radius 3 is 2.63 bits per heavy atom. The highest BCUT2D eigenvalue weighted by Gasteiger charge is 2.28. The number of nitrogens with one attached hydrogen (secondary N) is 2. The minimum Gasteiger partial charge on any atom is -0.506 e. The largest absolute Gasteiger partial charge is 0.506 e. The summed E-state index contributed by atoms with van der Waals surface area (Å²) in [6.07, 6.45) is 3.30. The molecular weight excluding hydrogens is 548 g/mol. The number of ketones is 1. The number of thioether (sulfide) groups is 1. The zero-order chi connectivity index (χ0) is 28.8. The molecule has 216 valence electrons. The molecule has 2 amide bonds. The molecule has 0 saturated carbocycles. The lowest BCUT2D eigenvalue weighted by Crippen LogP contribution is -2.36. The van der Waals surface area contributed by atoms with Gasteiger partial charge in [0.05, 0.1) is 23.7 Å². The van der Waals surface area contributed by atoms with E-state index in [0.717, 1.165) is 11.1 Å². The van der Waals surface area contributed by atoms with Gasteiger partial charge in [-0.1, -0.05) is 12.1 Å². The molecule has 5 rings (SSSR count). The van der Waals surface area contributed by atoms with Crippen LogP contribution in [-0.4, -0.2) is 77.0 Å². The topological polar surface area (TPSA) is 150 Å². The number of aromatic hydroxyl groups is 1. The molecular formula is C29H32N4O7S. The number of ether oxygens (including phenoxy) is 2. The van der Waals surface area contributed by atoms with Gasteiger partial charge in [-0.2, -0.15) is 4.99 Å². The third kappa shape index (κ3) is 7.66. The van der Waals surface area contributed by atoms with Crippen molar-refractivity contribution in [2.24, 2.45) is 4.99 Å². The van der Waals surface area contributed by atoms with Crippen molar-refractivity contribution in [3.63, 3.8) is 0 Å². The summed E-state index contributed by atoms with van der Waals surface area (Å²) < 4.78 is 11.3. The van der Waals surface area contributed by atoms with E-state index in [9.17, 15) is 24.6 Å². The molecule has 41 heavy (non-hydrogen) atoms. The van der Waals surface area contributed by atoms with Crippen LogP contribution in [0.2, 0.25) is 0 Å². The standard InChI is InChI=1S/C29H32N4O7S/c34-20-8-11-33(12-9-20)29-32-28(38)24(41-29)14-18-2-5-21(6-3-18)40-26(37)17-30-10-1-13-39-22-15-19-4-7-25(36)31-27(19)23(35)16-22/h2-3,5-6,14-16,26,30,35,37H,1,4,7-13,17H2,(H,31,36)/b24-14+. The Morgan fingerprint density at radius 1 is 1.07 bits per heavy atom. The molecule has 1 saturated heterocycles. The van der Waals surface area contributed by atoms with Gasteiger partial charge in [-0.3, -0.25) is 14.4 Å². The number of amidine groups is 1. The second-order valence-corrected chi connectivity index (χ2v) is 10.9. The minimum absolute atomic E-state index is 0.00443. The number of likely N-dealkylation sites (tertiary alicyclic amines) is 1. The summed E-state index contributed by atoms with van der Waals surface area (Å²) in [5.74, 6) is 0.879. The normalized spacial score (nSPS) is 18.7. The van der Waals surface area contributed by atoms with Gasteiger partial charge in [0.1, 0.15) is 23.0 Å². The predicted octanol–water partition coefficient (Wildman–Crippen LogP) is 2.67. The number of anilines is 1. The number of Topliss-reactive ketones (excluding diaryl/α,β-unsaturated/α-hetero) is 1. The summed E-state index contributed by atoms with van der Waals surface area (Å²) in [5, 5.41) is 26.8. The van der Waals surface area contributed by atoms with Crippen molar-refractivity contribution in [2.45, 2.75) is 38.4 Å². The maximum Gasteiger partial charge on any atom is 0.286 e. The number of hydrogen-bond donors (Lipinski definition) is 4. The molecule has 1 unspecified atom stereocenters. The van der Waals surface area contributed by atoms with Gasteiger partial charge >= 0.3 is 0 Å². The summed E-state index contributed by atoms with van der Waals surface area (Å²) in [6, 6.07) is 10.4. The van der Waals surface area contributed by atoms with Gasteiger partial charge in [0.15, 0.2) is 5.17 Å². The number of nitrogens with zero attached hydrogens (tertiary/aromatic N) is 2. The average molecular weight is 581 g/mol. The van der Waals surface area contributed by atoms with Crippen molar-refractivity contribution in [3.8, 4) is 17.2 Å². The van der Waals surface area contributed by atoms with E-state index < -0.39 is 6.29 Å². The molecule has 12 heteroatoms.